The van der Waals surface area contributed by atoms with Crippen LogP contribution in [0.3, 0.4) is 0 Å². The predicted octanol–water partition coefficient (Wildman–Crippen LogP) is 0.971. The minimum atomic E-state index is 0.244. The molecule has 1 saturated heterocycles. The number of ether oxygens (including phenoxy) is 1. The topological polar surface area (TPSA) is 64.3 Å². The Balaban J connectivity index is 2.07. The van der Waals surface area contributed by atoms with Gasteiger partial charge >= 0.3 is 6.01 Å². The molecule has 0 saturated carbocycles. The van der Waals surface area contributed by atoms with E-state index in [2.05, 4.69) is 14.9 Å². The van der Waals surface area contributed by atoms with E-state index in [-0.39, 0.29) is 6.04 Å². The van der Waals surface area contributed by atoms with Gasteiger partial charge in [-0.1, -0.05) is 0 Å². The van der Waals surface area contributed by atoms with Crippen LogP contribution < -0.4 is 10.5 Å². The van der Waals surface area contributed by atoms with Crippen molar-refractivity contribution in [1.82, 2.24) is 14.9 Å². The minimum absolute atomic E-state index is 0.244. The van der Waals surface area contributed by atoms with Gasteiger partial charge < -0.3 is 10.5 Å². The smallest absolute Gasteiger partial charge is 0.316 e. The molecule has 94 valence electrons. The maximum Gasteiger partial charge on any atom is 0.316 e. The quantitative estimate of drug-likeness (QED) is 0.825. The van der Waals surface area contributed by atoms with Crippen molar-refractivity contribution < 1.29 is 4.74 Å². The number of hydrogen-bond acceptors (Lipinski definition) is 5. The monoisotopic (exact) mass is 236 g/mol. The third-order valence-electron chi connectivity index (χ3n) is 3.11. The fourth-order valence-electron chi connectivity index (χ4n) is 2.25. The molecular weight excluding hydrogens is 216 g/mol. The molecule has 1 unspecified atom stereocenters. The normalized spacial score (nSPS) is 18.2. The standard InChI is InChI=1S/C12H20N4O/c1-2-17-12-14-8-10(9-15-12)11(7-13)16-5-3-4-6-16/h8-9,11H,2-7,13H2,1H3. The molecular formula is C12H20N4O. The molecule has 1 aromatic rings. The minimum Gasteiger partial charge on any atom is -0.464 e. The van der Waals surface area contributed by atoms with Crippen LogP contribution in [0.25, 0.3) is 0 Å². The molecule has 0 aromatic carbocycles. The van der Waals surface area contributed by atoms with Gasteiger partial charge in [-0.2, -0.15) is 0 Å². The summed E-state index contributed by atoms with van der Waals surface area (Å²) in [5.74, 6) is 0. The highest BCUT2D eigenvalue weighted by molar-refractivity contribution is 5.13. The van der Waals surface area contributed by atoms with E-state index >= 15 is 0 Å². The average Bonchev–Trinajstić information content (AvgIpc) is 2.86. The van der Waals surface area contributed by atoms with Crippen LogP contribution in [0.4, 0.5) is 0 Å². The van der Waals surface area contributed by atoms with E-state index in [0.29, 0.717) is 19.2 Å². The Bertz CT molecular complexity index is 335. The summed E-state index contributed by atoms with van der Waals surface area (Å²) in [6, 6.07) is 0.682. The zero-order chi connectivity index (χ0) is 12.1. The number of nitrogens with zero attached hydrogens (tertiary/aromatic N) is 3. The maximum absolute atomic E-state index is 5.85. The summed E-state index contributed by atoms with van der Waals surface area (Å²) in [4.78, 5) is 10.8. The lowest BCUT2D eigenvalue weighted by atomic mass is 10.1. The van der Waals surface area contributed by atoms with Crippen LogP contribution in [0, 0.1) is 0 Å². The number of likely N-dealkylation sites (tertiary alicyclic amines) is 1. The molecule has 0 bridgehead atoms. The van der Waals surface area contributed by atoms with E-state index in [0.717, 1.165) is 18.7 Å². The fraction of sp³-hybridized carbons (Fsp3) is 0.667. The number of nitrogens with two attached hydrogens (primary N) is 1. The molecule has 1 aliphatic heterocycles. The Hall–Kier alpha value is -1.20. The number of rotatable bonds is 5. The van der Waals surface area contributed by atoms with Gasteiger partial charge in [0.05, 0.1) is 12.6 Å². The Morgan fingerprint density at radius 3 is 2.53 bits per heavy atom. The van der Waals surface area contributed by atoms with Crippen LogP contribution in [0.2, 0.25) is 0 Å². The zero-order valence-corrected chi connectivity index (χ0v) is 10.3. The molecule has 0 spiro atoms. The molecule has 0 amide bonds. The van der Waals surface area contributed by atoms with E-state index in [1.54, 1.807) is 0 Å². The highest BCUT2D eigenvalue weighted by atomic mass is 16.5. The van der Waals surface area contributed by atoms with Gasteiger partial charge in [-0.05, 0) is 32.9 Å². The Kier molecular flexibility index (Phi) is 4.28. The number of aromatic nitrogens is 2. The molecule has 1 fully saturated rings. The van der Waals surface area contributed by atoms with Crippen molar-refractivity contribution in [2.75, 3.05) is 26.2 Å². The Labute approximate surface area is 102 Å². The van der Waals surface area contributed by atoms with Crippen molar-refractivity contribution in [1.29, 1.82) is 0 Å². The van der Waals surface area contributed by atoms with Crippen LogP contribution in [-0.2, 0) is 0 Å². The molecule has 0 radical (unpaired) electrons. The predicted molar refractivity (Wildman–Crippen MR) is 65.8 cm³/mol. The van der Waals surface area contributed by atoms with Crippen molar-refractivity contribution in [2.45, 2.75) is 25.8 Å². The second kappa shape index (κ2) is 5.93. The van der Waals surface area contributed by atoms with Crippen molar-refractivity contribution >= 4 is 0 Å². The van der Waals surface area contributed by atoms with Gasteiger partial charge in [-0.25, -0.2) is 9.97 Å². The first kappa shape index (κ1) is 12.3. The fourth-order valence-corrected chi connectivity index (χ4v) is 2.25. The second-order valence-electron chi connectivity index (χ2n) is 4.23. The van der Waals surface area contributed by atoms with Gasteiger partial charge in [0.2, 0.25) is 0 Å². The van der Waals surface area contributed by atoms with E-state index in [4.69, 9.17) is 10.5 Å². The van der Waals surface area contributed by atoms with Gasteiger partial charge in [0.25, 0.3) is 0 Å². The molecule has 0 aliphatic carbocycles. The van der Waals surface area contributed by atoms with Gasteiger partial charge in [0.1, 0.15) is 0 Å². The van der Waals surface area contributed by atoms with Gasteiger partial charge in [0, 0.05) is 24.5 Å². The first-order chi connectivity index (χ1) is 8.35. The lowest BCUT2D eigenvalue weighted by Gasteiger charge is -2.25. The van der Waals surface area contributed by atoms with Crippen molar-refractivity contribution in [2.24, 2.45) is 5.73 Å². The molecule has 1 aromatic heterocycles. The number of hydrogen-bond donors (Lipinski definition) is 1. The summed E-state index contributed by atoms with van der Waals surface area (Å²) in [6.45, 7) is 5.36. The van der Waals surface area contributed by atoms with E-state index in [1.807, 2.05) is 19.3 Å². The highest BCUT2D eigenvalue weighted by Crippen LogP contribution is 2.23. The summed E-state index contributed by atoms with van der Waals surface area (Å²) < 4.78 is 5.23. The molecule has 1 atom stereocenters. The van der Waals surface area contributed by atoms with Gasteiger partial charge in [0.15, 0.2) is 0 Å². The third kappa shape index (κ3) is 2.92. The average molecular weight is 236 g/mol. The molecule has 5 nitrogen and oxygen atoms in total. The lowest BCUT2D eigenvalue weighted by Crippen LogP contribution is -2.31. The first-order valence-electron chi connectivity index (χ1n) is 6.24. The maximum atomic E-state index is 5.85. The van der Waals surface area contributed by atoms with Crippen molar-refractivity contribution in [3.8, 4) is 6.01 Å². The van der Waals surface area contributed by atoms with Gasteiger partial charge in [-0.15, -0.1) is 0 Å². The van der Waals surface area contributed by atoms with Crippen LogP contribution in [0.15, 0.2) is 12.4 Å². The highest BCUT2D eigenvalue weighted by Gasteiger charge is 2.22. The molecule has 2 N–H and O–H groups in total. The summed E-state index contributed by atoms with van der Waals surface area (Å²) in [7, 11) is 0. The third-order valence-corrected chi connectivity index (χ3v) is 3.11. The molecule has 2 heterocycles. The largest absolute Gasteiger partial charge is 0.464 e. The molecule has 17 heavy (non-hydrogen) atoms. The summed E-state index contributed by atoms with van der Waals surface area (Å²) in [5, 5.41) is 0. The first-order valence-corrected chi connectivity index (χ1v) is 6.24. The van der Waals surface area contributed by atoms with E-state index in [9.17, 15) is 0 Å². The van der Waals surface area contributed by atoms with Crippen molar-refractivity contribution in [3.63, 3.8) is 0 Å². The summed E-state index contributed by atoms with van der Waals surface area (Å²) >= 11 is 0. The zero-order valence-electron chi connectivity index (χ0n) is 10.3. The Morgan fingerprint density at radius 1 is 1.35 bits per heavy atom. The van der Waals surface area contributed by atoms with Crippen LogP contribution in [0.1, 0.15) is 31.4 Å². The molecule has 1 aliphatic rings. The summed E-state index contributed by atoms with van der Waals surface area (Å²) in [5.41, 5.74) is 6.93. The SMILES string of the molecule is CCOc1ncc(C(CN)N2CCCC2)cn1. The molecule has 5 heteroatoms. The van der Waals surface area contributed by atoms with Gasteiger partial charge in [-0.3, -0.25) is 4.90 Å². The summed E-state index contributed by atoms with van der Waals surface area (Å²) in [6.07, 6.45) is 6.17. The van der Waals surface area contributed by atoms with Crippen LogP contribution >= 0.6 is 0 Å². The molecule has 2 rings (SSSR count). The Morgan fingerprint density at radius 2 is 2.00 bits per heavy atom. The van der Waals surface area contributed by atoms with E-state index < -0.39 is 0 Å². The lowest BCUT2D eigenvalue weighted by molar-refractivity contribution is 0.249. The second-order valence-corrected chi connectivity index (χ2v) is 4.23. The van der Waals surface area contributed by atoms with Crippen molar-refractivity contribution in [3.05, 3.63) is 18.0 Å². The van der Waals surface area contributed by atoms with Crippen LogP contribution in [0.5, 0.6) is 6.01 Å². The van der Waals surface area contributed by atoms with E-state index in [1.165, 1.54) is 12.8 Å². The van der Waals surface area contributed by atoms with Crippen LogP contribution in [-0.4, -0.2) is 41.1 Å².